The summed E-state index contributed by atoms with van der Waals surface area (Å²) < 4.78 is 0. The molecule has 0 spiro atoms. The Bertz CT molecular complexity index is 216. The van der Waals surface area contributed by atoms with Gasteiger partial charge in [0.1, 0.15) is 0 Å². The fourth-order valence-electron chi connectivity index (χ4n) is 1.83. The molecule has 2 unspecified atom stereocenters. The molecular formula is C11H21N3O. The number of hydrogen-bond donors (Lipinski definition) is 1. The average Bonchev–Trinajstić information content (AvgIpc) is 2.26. The second kappa shape index (κ2) is 6.06. The number of piperazine rings is 1. The second-order valence-corrected chi connectivity index (χ2v) is 4.32. The fraction of sp³-hybridized carbons (Fsp3) is 0.909. The highest BCUT2D eigenvalue weighted by atomic mass is 16.3. The van der Waals surface area contributed by atoms with Gasteiger partial charge in [-0.2, -0.15) is 5.26 Å². The van der Waals surface area contributed by atoms with Crippen LogP contribution in [0.15, 0.2) is 0 Å². The maximum Gasteiger partial charge on any atom is 0.0950 e. The van der Waals surface area contributed by atoms with Crippen molar-refractivity contribution in [3.05, 3.63) is 0 Å². The van der Waals surface area contributed by atoms with Gasteiger partial charge in [-0.25, -0.2) is 0 Å². The Morgan fingerprint density at radius 1 is 1.27 bits per heavy atom. The van der Waals surface area contributed by atoms with Gasteiger partial charge in [-0.3, -0.25) is 4.90 Å². The molecule has 86 valence electrons. The van der Waals surface area contributed by atoms with Crippen LogP contribution in [-0.4, -0.2) is 59.8 Å². The Hall–Kier alpha value is -0.630. The van der Waals surface area contributed by atoms with Crippen molar-refractivity contribution < 1.29 is 5.11 Å². The van der Waals surface area contributed by atoms with E-state index in [1.807, 2.05) is 13.8 Å². The van der Waals surface area contributed by atoms with Gasteiger partial charge in [-0.1, -0.05) is 0 Å². The first-order valence-electron chi connectivity index (χ1n) is 5.67. The van der Waals surface area contributed by atoms with Crippen LogP contribution in [0.3, 0.4) is 0 Å². The summed E-state index contributed by atoms with van der Waals surface area (Å²) in [6.45, 7) is 8.70. The van der Waals surface area contributed by atoms with Crippen LogP contribution in [0.1, 0.15) is 20.3 Å². The van der Waals surface area contributed by atoms with Gasteiger partial charge < -0.3 is 10.0 Å². The van der Waals surface area contributed by atoms with E-state index in [9.17, 15) is 5.11 Å². The molecule has 2 atom stereocenters. The molecule has 0 aromatic rings. The molecule has 1 rings (SSSR count). The van der Waals surface area contributed by atoms with Gasteiger partial charge in [-0.15, -0.1) is 0 Å². The predicted molar refractivity (Wildman–Crippen MR) is 59.4 cm³/mol. The summed E-state index contributed by atoms with van der Waals surface area (Å²) in [7, 11) is 0. The Kier molecular flexibility index (Phi) is 5.03. The maximum atomic E-state index is 9.18. The smallest absolute Gasteiger partial charge is 0.0950 e. The first-order chi connectivity index (χ1) is 7.13. The van der Waals surface area contributed by atoms with Crippen LogP contribution in [0.4, 0.5) is 0 Å². The van der Waals surface area contributed by atoms with Crippen LogP contribution in [0.2, 0.25) is 0 Å². The van der Waals surface area contributed by atoms with Crippen molar-refractivity contribution >= 4 is 0 Å². The van der Waals surface area contributed by atoms with Crippen LogP contribution in [-0.2, 0) is 0 Å². The minimum absolute atomic E-state index is 0.0314. The van der Waals surface area contributed by atoms with E-state index in [1.54, 1.807) is 0 Å². The van der Waals surface area contributed by atoms with E-state index in [-0.39, 0.29) is 12.1 Å². The molecule has 0 aromatic heterocycles. The molecule has 1 aliphatic rings. The molecule has 0 saturated carbocycles. The first kappa shape index (κ1) is 12.4. The highest BCUT2D eigenvalue weighted by Gasteiger charge is 2.20. The average molecular weight is 211 g/mol. The van der Waals surface area contributed by atoms with Gasteiger partial charge in [0.05, 0.1) is 18.2 Å². The summed E-state index contributed by atoms with van der Waals surface area (Å²) in [4.78, 5) is 4.56. The lowest BCUT2D eigenvalue weighted by Gasteiger charge is -2.36. The van der Waals surface area contributed by atoms with E-state index in [2.05, 4.69) is 15.9 Å². The lowest BCUT2D eigenvalue weighted by atomic mass is 10.2. The van der Waals surface area contributed by atoms with Crippen LogP contribution >= 0.6 is 0 Å². The monoisotopic (exact) mass is 211 g/mol. The number of aliphatic hydroxyl groups excluding tert-OH is 1. The van der Waals surface area contributed by atoms with E-state index >= 15 is 0 Å². The Morgan fingerprint density at radius 3 is 2.33 bits per heavy atom. The molecule has 0 aliphatic carbocycles. The normalized spacial score (nSPS) is 23.3. The summed E-state index contributed by atoms with van der Waals surface area (Å²) in [5.74, 6) is 0. The third-order valence-corrected chi connectivity index (χ3v) is 3.00. The van der Waals surface area contributed by atoms with Gasteiger partial charge >= 0.3 is 0 Å². The topological polar surface area (TPSA) is 50.5 Å². The standard InChI is InChI=1S/C11H21N3O/c1-10(9-12)14-7-5-13(6-8-14)4-3-11(2)15/h10-11,15H,3-8H2,1-2H3. The lowest BCUT2D eigenvalue weighted by Crippen LogP contribution is -2.49. The zero-order valence-corrected chi connectivity index (χ0v) is 9.69. The maximum absolute atomic E-state index is 9.18. The predicted octanol–water partition coefficient (Wildman–Crippen LogP) is 0.287. The van der Waals surface area contributed by atoms with Gasteiger partial charge in [0.25, 0.3) is 0 Å². The van der Waals surface area contributed by atoms with Gasteiger partial charge in [0.2, 0.25) is 0 Å². The third-order valence-electron chi connectivity index (χ3n) is 3.00. The number of rotatable bonds is 4. The van der Waals surface area contributed by atoms with E-state index in [1.165, 1.54) is 0 Å². The zero-order chi connectivity index (χ0) is 11.3. The molecule has 15 heavy (non-hydrogen) atoms. The number of aliphatic hydroxyl groups is 1. The SMILES string of the molecule is CC(O)CCN1CCN(C(C)C#N)CC1. The fourth-order valence-corrected chi connectivity index (χ4v) is 1.83. The highest BCUT2D eigenvalue weighted by Crippen LogP contribution is 2.06. The Balaban J connectivity index is 2.21. The number of hydrogen-bond acceptors (Lipinski definition) is 4. The third kappa shape index (κ3) is 4.17. The van der Waals surface area contributed by atoms with Crippen LogP contribution < -0.4 is 0 Å². The van der Waals surface area contributed by atoms with Crippen LogP contribution in [0.5, 0.6) is 0 Å². The van der Waals surface area contributed by atoms with E-state index in [0.29, 0.717) is 0 Å². The van der Waals surface area contributed by atoms with Gasteiger partial charge in [0, 0.05) is 32.7 Å². The molecule has 1 heterocycles. The summed E-state index contributed by atoms with van der Waals surface area (Å²) >= 11 is 0. The second-order valence-electron chi connectivity index (χ2n) is 4.32. The molecule has 1 aliphatic heterocycles. The van der Waals surface area contributed by atoms with Crippen molar-refractivity contribution in [3.8, 4) is 6.07 Å². The van der Waals surface area contributed by atoms with Crippen LogP contribution in [0.25, 0.3) is 0 Å². The van der Waals surface area contributed by atoms with Crippen LogP contribution in [0, 0.1) is 11.3 Å². The highest BCUT2D eigenvalue weighted by molar-refractivity contribution is 4.90. The van der Waals surface area contributed by atoms with Gasteiger partial charge in [-0.05, 0) is 20.3 Å². The minimum Gasteiger partial charge on any atom is -0.393 e. The molecule has 0 amide bonds. The molecule has 4 heteroatoms. The molecule has 0 bridgehead atoms. The quantitative estimate of drug-likeness (QED) is 0.726. The van der Waals surface area contributed by atoms with Crippen molar-refractivity contribution in [1.82, 2.24) is 9.80 Å². The number of nitriles is 1. The molecule has 1 saturated heterocycles. The first-order valence-corrected chi connectivity index (χ1v) is 5.67. The van der Waals surface area contributed by atoms with E-state index < -0.39 is 0 Å². The van der Waals surface area contributed by atoms with Gasteiger partial charge in [0.15, 0.2) is 0 Å². The Labute approximate surface area is 92.1 Å². The lowest BCUT2D eigenvalue weighted by molar-refractivity contribution is 0.0996. The molecule has 0 aromatic carbocycles. The van der Waals surface area contributed by atoms with Crippen molar-refractivity contribution in [1.29, 1.82) is 5.26 Å². The molecule has 4 nitrogen and oxygen atoms in total. The summed E-state index contributed by atoms with van der Waals surface area (Å²) in [6, 6.07) is 2.30. The minimum atomic E-state index is -0.207. The molecular weight excluding hydrogens is 190 g/mol. The summed E-state index contributed by atoms with van der Waals surface area (Å²) in [5, 5.41) is 18.0. The molecule has 1 N–H and O–H groups in total. The van der Waals surface area contributed by atoms with E-state index in [4.69, 9.17) is 5.26 Å². The van der Waals surface area contributed by atoms with E-state index in [0.717, 1.165) is 39.1 Å². The van der Waals surface area contributed by atoms with Crippen molar-refractivity contribution in [3.63, 3.8) is 0 Å². The molecule has 0 radical (unpaired) electrons. The van der Waals surface area contributed by atoms with Crippen molar-refractivity contribution in [2.75, 3.05) is 32.7 Å². The molecule has 1 fully saturated rings. The van der Waals surface area contributed by atoms with Crippen molar-refractivity contribution in [2.45, 2.75) is 32.4 Å². The summed E-state index contributed by atoms with van der Waals surface area (Å²) in [5.41, 5.74) is 0. The zero-order valence-electron chi connectivity index (χ0n) is 9.69. The number of nitrogens with zero attached hydrogens (tertiary/aromatic N) is 3. The van der Waals surface area contributed by atoms with Crippen molar-refractivity contribution in [2.24, 2.45) is 0 Å². The summed E-state index contributed by atoms with van der Waals surface area (Å²) in [6.07, 6.45) is 0.634. The largest absolute Gasteiger partial charge is 0.393 e. The Morgan fingerprint density at radius 2 is 1.87 bits per heavy atom.